The number of nitrogens with one attached hydrogen (secondary N) is 1. The van der Waals surface area contributed by atoms with Crippen molar-refractivity contribution in [3.63, 3.8) is 0 Å². The van der Waals surface area contributed by atoms with Crippen LogP contribution >= 0.6 is 0 Å². The first-order valence-corrected chi connectivity index (χ1v) is 12.5. The molecule has 11 heteroatoms. The molecule has 2 amide bonds. The van der Waals surface area contributed by atoms with Crippen molar-refractivity contribution in [1.29, 1.82) is 0 Å². The average Bonchev–Trinajstić information content (AvgIpc) is 3.49. The van der Waals surface area contributed by atoms with Crippen molar-refractivity contribution < 1.29 is 26.9 Å². The molecule has 3 aromatic rings. The Kier molecular flexibility index (Phi) is 6.90. The highest BCUT2D eigenvalue weighted by molar-refractivity contribution is 7.89. The summed E-state index contributed by atoms with van der Waals surface area (Å²) in [5.41, 5.74) is 2.27. The molecule has 2 aromatic heterocycles. The van der Waals surface area contributed by atoms with Crippen LogP contribution in [0.15, 0.2) is 50.4 Å². The smallest absolute Gasteiger partial charge is 0.289 e. The second kappa shape index (κ2) is 9.88. The maximum atomic E-state index is 13.4. The van der Waals surface area contributed by atoms with E-state index >= 15 is 0 Å². The second-order valence-corrected chi connectivity index (χ2v) is 10.1. The van der Waals surface area contributed by atoms with Gasteiger partial charge >= 0.3 is 0 Å². The number of anilines is 1. The number of nitrogens with zero attached hydrogens (tertiary/aromatic N) is 3. The molecule has 1 aliphatic heterocycles. The van der Waals surface area contributed by atoms with Crippen LogP contribution in [0.4, 0.5) is 5.69 Å². The maximum Gasteiger partial charge on any atom is 0.289 e. The molecule has 0 bridgehead atoms. The van der Waals surface area contributed by atoms with Gasteiger partial charge in [0.25, 0.3) is 5.91 Å². The molecule has 3 heterocycles. The number of rotatable bonds is 6. The van der Waals surface area contributed by atoms with E-state index < -0.39 is 10.0 Å². The first-order valence-electron chi connectivity index (χ1n) is 11.0. The van der Waals surface area contributed by atoms with E-state index in [1.165, 1.54) is 17.5 Å². The Morgan fingerprint density at radius 3 is 2.49 bits per heavy atom. The first-order chi connectivity index (χ1) is 16.7. The summed E-state index contributed by atoms with van der Waals surface area (Å²) in [6, 6.07) is 8.37. The topological polar surface area (TPSA) is 126 Å². The van der Waals surface area contributed by atoms with Gasteiger partial charge in [-0.3, -0.25) is 9.59 Å². The van der Waals surface area contributed by atoms with Crippen molar-refractivity contribution in [2.24, 2.45) is 0 Å². The Hall–Kier alpha value is -3.70. The lowest BCUT2D eigenvalue weighted by Crippen LogP contribution is -2.50. The van der Waals surface area contributed by atoms with Gasteiger partial charge in [0, 0.05) is 33.1 Å². The summed E-state index contributed by atoms with van der Waals surface area (Å²) < 4.78 is 38.7. The molecule has 0 atom stereocenters. The van der Waals surface area contributed by atoms with Gasteiger partial charge in [-0.2, -0.15) is 4.31 Å². The minimum absolute atomic E-state index is 0.186. The van der Waals surface area contributed by atoms with E-state index in [4.69, 9.17) is 8.94 Å². The van der Waals surface area contributed by atoms with E-state index in [0.717, 1.165) is 0 Å². The summed E-state index contributed by atoms with van der Waals surface area (Å²) in [6.45, 7) is 5.76. The molecule has 0 spiro atoms. The van der Waals surface area contributed by atoms with Crippen molar-refractivity contribution in [3.05, 3.63) is 64.9 Å². The van der Waals surface area contributed by atoms with Gasteiger partial charge in [-0.25, -0.2) is 8.42 Å². The fourth-order valence-corrected chi connectivity index (χ4v) is 5.51. The Morgan fingerprint density at radius 1 is 1.09 bits per heavy atom. The SMILES string of the molecule is CC(=O)Nc1c(C)noc1/C=C\c1ccc(C)c(S(=O)(=O)N2CCN(C(=O)c3ccco3)CC2)c1. The molecule has 10 nitrogen and oxygen atoms in total. The maximum absolute atomic E-state index is 13.4. The quantitative estimate of drug-likeness (QED) is 0.553. The third-order valence-electron chi connectivity index (χ3n) is 5.71. The van der Waals surface area contributed by atoms with Gasteiger partial charge in [0.15, 0.2) is 11.5 Å². The largest absolute Gasteiger partial charge is 0.459 e. The van der Waals surface area contributed by atoms with E-state index in [-0.39, 0.29) is 48.6 Å². The van der Waals surface area contributed by atoms with E-state index in [9.17, 15) is 18.0 Å². The Bertz CT molecular complexity index is 1370. The number of hydrogen-bond acceptors (Lipinski definition) is 7. The molecule has 35 heavy (non-hydrogen) atoms. The number of benzene rings is 1. The first kappa shape index (κ1) is 24.4. The molecule has 4 rings (SSSR count). The summed E-state index contributed by atoms with van der Waals surface area (Å²) in [5, 5.41) is 6.55. The zero-order valence-corrected chi connectivity index (χ0v) is 20.5. The van der Waals surface area contributed by atoms with Crippen LogP contribution in [0.3, 0.4) is 0 Å². The van der Waals surface area contributed by atoms with Crippen molar-refractivity contribution >= 4 is 39.7 Å². The molecule has 0 unspecified atom stereocenters. The Labute approximate surface area is 203 Å². The minimum Gasteiger partial charge on any atom is -0.459 e. The zero-order valence-electron chi connectivity index (χ0n) is 19.6. The fourth-order valence-electron chi connectivity index (χ4n) is 3.83. The number of hydrogen-bond donors (Lipinski definition) is 1. The number of carbonyl (C=O) groups is 2. The van der Waals surface area contributed by atoms with E-state index in [2.05, 4.69) is 10.5 Å². The van der Waals surface area contributed by atoms with Crippen LogP contribution in [-0.4, -0.2) is 60.8 Å². The van der Waals surface area contributed by atoms with Crippen LogP contribution < -0.4 is 5.32 Å². The summed E-state index contributed by atoms with van der Waals surface area (Å²) in [7, 11) is -3.78. The van der Waals surface area contributed by atoms with Crippen LogP contribution in [0.25, 0.3) is 12.2 Å². The predicted octanol–water partition coefficient (Wildman–Crippen LogP) is 3.16. The van der Waals surface area contributed by atoms with Crippen LogP contribution in [-0.2, 0) is 14.8 Å². The summed E-state index contributed by atoms with van der Waals surface area (Å²) in [6.07, 6.45) is 4.76. The van der Waals surface area contributed by atoms with Crippen LogP contribution in [0, 0.1) is 13.8 Å². The number of piperazine rings is 1. The van der Waals surface area contributed by atoms with Gasteiger partial charge in [-0.1, -0.05) is 23.4 Å². The summed E-state index contributed by atoms with van der Waals surface area (Å²) in [4.78, 5) is 25.7. The molecule has 0 aliphatic carbocycles. The third kappa shape index (κ3) is 5.20. The number of amides is 2. The lowest BCUT2D eigenvalue weighted by molar-refractivity contribution is -0.114. The van der Waals surface area contributed by atoms with Crippen LogP contribution in [0.2, 0.25) is 0 Å². The lowest BCUT2D eigenvalue weighted by atomic mass is 10.1. The van der Waals surface area contributed by atoms with Gasteiger partial charge in [0.1, 0.15) is 11.4 Å². The van der Waals surface area contributed by atoms with E-state index in [0.29, 0.717) is 28.3 Å². The van der Waals surface area contributed by atoms with Gasteiger partial charge < -0.3 is 19.2 Å². The molecule has 1 aliphatic rings. The molecule has 0 radical (unpaired) electrons. The second-order valence-electron chi connectivity index (χ2n) is 8.22. The molecule has 184 valence electrons. The molecule has 1 saturated heterocycles. The van der Waals surface area contributed by atoms with Crippen LogP contribution in [0.1, 0.15) is 40.1 Å². The summed E-state index contributed by atoms with van der Waals surface area (Å²) in [5.74, 6) is 0.0950. The van der Waals surface area contributed by atoms with Gasteiger partial charge in [-0.15, -0.1) is 0 Å². The van der Waals surface area contributed by atoms with Crippen molar-refractivity contribution in [1.82, 2.24) is 14.4 Å². The zero-order chi connectivity index (χ0) is 25.2. The predicted molar refractivity (Wildman–Crippen MR) is 129 cm³/mol. The number of sulfonamides is 1. The van der Waals surface area contributed by atoms with Crippen LogP contribution in [0.5, 0.6) is 0 Å². The molecule has 1 fully saturated rings. The fraction of sp³-hybridized carbons (Fsp3) is 0.292. The standard InChI is InChI=1S/C24H26N4O6S/c1-16-6-7-19(8-9-20-23(25-18(3)29)17(2)26-34-20)15-22(16)35(31,32)28-12-10-27(11-13-28)24(30)21-5-4-14-33-21/h4-9,14-15H,10-13H2,1-3H3,(H,25,29)/b9-8-. The third-order valence-corrected chi connectivity index (χ3v) is 7.75. The monoisotopic (exact) mass is 498 g/mol. The lowest BCUT2D eigenvalue weighted by Gasteiger charge is -2.33. The highest BCUT2D eigenvalue weighted by Crippen LogP contribution is 2.26. The number of aromatic nitrogens is 1. The number of carbonyl (C=O) groups excluding carboxylic acids is 2. The molecule has 1 N–H and O–H groups in total. The van der Waals surface area contributed by atoms with Crippen molar-refractivity contribution in [3.8, 4) is 0 Å². The Morgan fingerprint density at radius 2 is 1.83 bits per heavy atom. The highest BCUT2D eigenvalue weighted by Gasteiger charge is 2.32. The van der Waals surface area contributed by atoms with Gasteiger partial charge in [0.05, 0.1) is 11.2 Å². The molecular weight excluding hydrogens is 472 g/mol. The Balaban J connectivity index is 1.51. The molecule has 1 aromatic carbocycles. The molecular formula is C24H26N4O6S. The highest BCUT2D eigenvalue weighted by atomic mass is 32.2. The minimum atomic E-state index is -3.78. The van der Waals surface area contributed by atoms with Crippen molar-refractivity contribution in [2.75, 3.05) is 31.5 Å². The molecule has 0 saturated carbocycles. The van der Waals surface area contributed by atoms with E-state index in [1.807, 2.05) is 0 Å². The normalized spacial score (nSPS) is 15.0. The van der Waals surface area contributed by atoms with E-state index in [1.54, 1.807) is 61.2 Å². The number of aryl methyl sites for hydroxylation is 2. The average molecular weight is 499 g/mol. The van der Waals surface area contributed by atoms with Gasteiger partial charge in [0.2, 0.25) is 15.9 Å². The number of furan rings is 1. The van der Waals surface area contributed by atoms with Gasteiger partial charge in [-0.05, 0) is 49.2 Å². The summed E-state index contributed by atoms with van der Waals surface area (Å²) >= 11 is 0. The van der Waals surface area contributed by atoms with Crippen molar-refractivity contribution in [2.45, 2.75) is 25.7 Å².